The number of hydrogen-bond donors (Lipinski definition) is 1. The van der Waals surface area contributed by atoms with Gasteiger partial charge in [-0.15, -0.1) is 0 Å². The normalized spacial score (nSPS) is 10.5. The van der Waals surface area contributed by atoms with Gasteiger partial charge in [0.2, 0.25) is 0 Å². The molecule has 2 rings (SSSR count). The summed E-state index contributed by atoms with van der Waals surface area (Å²) >= 11 is 5.97. The molecule has 106 valence electrons. The van der Waals surface area contributed by atoms with E-state index in [-0.39, 0.29) is 0 Å². The Morgan fingerprint density at radius 1 is 1.25 bits per heavy atom. The topological polar surface area (TPSA) is 59.9 Å². The number of ether oxygens (including phenoxy) is 1. The number of nitrogens with one attached hydrogen (secondary N) is 1. The average molecular weight is 293 g/mol. The molecule has 20 heavy (non-hydrogen) atoms. The van der Waals surface area contributed by atoms with Gasteiger partial charge in [-0.05, 0) is 31.0 Å². The van der Waals surface area contributed by atoms with Gasteiger partial charge in [-0.1, -0.05) is 11.6 Å². The Balaban J connectivity index is 1.90. The number of anilines is 1. The van der Waals surface area contributed by atoms with Crippen LogP contribution in [0, 0.1) is 0 Å². The van der Waals surface area contributed by atoms with Crippen molar-refractivity contribution in [2.75, 3.05) is 18.5 Å². The van der Waals surface area contributed by atoms with Crippen molar-refractivity contribution in [3.63, 3.8) is 0 Å². The fourth-order valence-electron chi connectivity index (χ4n) is 1.70. The zero-order valence-corrected chi connectivity index (χ0v) is 12.1. The Hall–Kier alpha value is -1.72. The summed E-state index contributed by atoms with van der Waals surface area (Å²) in [6, 6.07) is 5.70. The molecule has 0 spiro atoms. The lowest BCUT2D eigenvalue weighted by Crippen LogP contribution is -2.09. The average Bonchev–Trinajstić information content (AvgIpc) is 2.46. The molecule has 0 aliphatic carbocycles. The third kappa shape index (κ3) is 4.75. The van der Waals surface area contributed by atoms with Gasteiger partial charge in [-0.3, -0.25) is 4.98 Å². The summed E-state index contributed by atoms with van der Waals surface area (Å²) in [5, 5.41) is 3.66. The minimum absolute atomic E-state index is 0.371. The Morgan fingerprint density at radius 2 is 2.05 bits per heavy atom. The van der Waals surface area contributed by atoms with E-state index in [4.69, 9.17) is 16.3 Å². The van der Waals surface area contributed by atoms with Crippen LogP contribution in [-0.4, -0.2) is 28.1 Å². The highest BCUT2D eigenvalue weighted by Gasteiger charge is 2.03. The van der Waals surface area contributed by atoms with Gasteiger partial charge >= 0.3 is 0 Å². The van der Waals surface area contributed by atoms with Gasteiger partial charge in [0.25, 0.3) is 0 Å². The van der Waals surface area contributed by atoms with Gasteiger partial charge < -0.3 is 10.1 Å². The minimum atomic E-state index is 0.371. The largest absolute Gasteiger partial charge is 0.374 e. The molecule has 0 atom stereocenters. The highest BCUT2D eigenvalue weighted by atomic mass is 35.5. The van der Waals surface area contributed by atoms with Gasteiger partial charge in [-0.25, -0.2) is 9.97 Å². The van der Waals surface area contributed by atoms with Crippen LogP contribution in [0.5, 0.6) is 0 Å². The molecule has 0 bridgehead atoms. The number of aromatic nitrogens is 3. The Labute approximate surface area is 123 Å². The highest BCUT2D eigenvalue weighted by Crippen LogP contribution is 2.12. The van der Waals surface area contributed by atoms with Gasteiger partial charge in [0.1, 0.15) is 17.6 Å². The molecule has 6 heteroatoms. The second-order valence-corrected chi connectivity index (χ2v) is 4.55. The molecule has 0 aromatic carbocycles. The number of hydrogen-bond acceptors (Lipinski definition) is 5. The summed E-state index contributed by atoms with van der Waals surface area (Å²) in [7, 11) is 0. The third-order valence-electron chi connectivity index (χ3n) is 2.65. The minimum Gasteiger partial charge on any atom is -0.374 e. The molecule has 0 unspecified atom stereocenters. The summed E-state index contributed by atoms with van der Waals surface area (Å²) in [5.41, 5.74) is 1.22. The summed E-state index contributed by atoms with van der Waals surface area (Å²) in [6.07, 6.45) is 4.47. The van der Waals surface area contributed by atoms with Crippen molar-refractivity contribution in [1.29, 1.82) is 0 Å². The first-order valence-electron chi connectivity index (χ1n) is 6.52. The molecule has 0 aliphatic heterocycles. The van der Waals surface area contributed by atoms with E-state index < -0.39 is 0 Å². The van der Waals surface area contributed by atoms with Crippen LogP contribution < -0.4 is 5.32 Å². The predicted octanol–water partition coefficient (Wildman–Crippen LogP) is 2.72. The highest BCUT2D eigenvalue weighted by molar-refractivity contribution is 6.29. The second-order valence-electron chi connectivity index (χ2n) is 4.16. The molecule has 2 aromatic heterocycles. The maximum absolute atomic E-state index is 5.97. The SMILES string of the molecule is CCOCc1nc(Cl)cc(NCCc2ccncc2)n1. The molecule has 1 N–H and O–H groups in total. The summed E-state index contributed by atoms with van der Waals surface area (Å²) in [4.78, 5) is 12.5. The van der Waals surface area contributed by atoms with Crippen molar-refractivity contribution in [2.45, 2.75) is 20.0 Å². The summed E-state index contributed by atoms with van der Waals surface area (Å²) < 4.78 is 5.28. The monoisotopic (exact) mass is 292 g/mol. The molecule has 2 aromatic rings. The number of pyridine rings is 1. The van der Waals surface area contributed by atoms with Crippen molar-refractivity contribution in [3.05, 3.63) is 47.1 Å². The quantitative estimate of drug-likeness (QED) is 0.795. The van der Waals surface area contributed by atoms with Crippen LogP contribution in [0.15, 0.2) is 30.6 Å². The van der Waals surface area contributed by atoms with Gasteiger partial charge in [0, 0.05) is 31.6 Å². The molecule has 0 amide bonds. The summed E-state index contributed by atoms with van der Waals surface area (Å²) in [5.74, 6) is 1.31. The molecule has 0 saturated heterocycles. The van der Waals surface area contributed by atoms with Crippen LogP contribution in [0.3, 0.4) is 0 Å². The fraction of sp³-hybridized carbons (Fsp3) is 0.357. The standard InChI is InChI=1S/C14H17ClN4O/c1-2-20-10-14-18-12(15)9-13(19-14)17-8-5-11-3-6-16-7-4-11/h3-4,6-7,9H,2,5,8,10H2,1H3,(H,17,18,19). The van der Waals surface area contributed by atoms with Crippen molar-refractivity contribution in [3.8, 4) is 0 Å². The predicted molar refractivity (Wildman–Crippen MR) is 78.8 cm³/mol. The lowest BCUT2D eigenvalue weighted by Gasteiger charge is -2.08. The van der Waals surface area contributed by atoms with Crippen molar-refractivity contribution < 1.29 is 4.74 Å². The Kier molecular flexibility index (Phi) is 5.70. The second kappa shape index (κ2) is 7.77. The van der Waals surface area contributed by atoms with E-state index in [2.05, 4.69) is 20.3 Å². The van der Waals surface area contributed by atoms with Gasteiger partial charge in [0.05, 0.1) is 0 Å². The molecule has 0 fully saturated rings. The molecule has 0 radical (unpaired) electrons. The maximum atomic E-state index is 5.97. The van der Waals surface area contributed by atoms with Crippen LogP contribution in [-0.2, 0) is 17.8 Å². The van der Waals surface area contributed by atoms with Crippen LogP contribution in [0.25, 0.3) is 0 Å². The first-order valence-corrected chi connectivity index (χ1v) is 6.89. The zero-order chi connectivity index (χ0) is 14.2. The fourth-order valence-corrected chi connectivity index (χ4v) is 1.90. The van der Waals surface area contributed by atoms with Gasteiger partial charge in [0.15, 0.2) is 5.82 Å². The lowest BCUT2D eigenvalue weighted by atomic mass is 10.2. The van der Waals surface area contributed by atoms with Crippen molar-refractivity contribution >= 4 is 17.4 Å². The van der Waals surface area contributed by atoms with Gasteiger partial charge in [-0.2, -0.15) is 0 Å². The van der Waals surface area contributed by atoms with Crippen molar-refractivity contribution in [2.24, 2.45) is 0 Å². The third-order valence-corrected chi connectivity index (χ3v) is 2.84. The number of rotatable bonds is 7. The molecular weight excluding hydrogens is 276 g/mol. The van der Waals surface area contributed by atoms with E-state index in [1.165, 1.54) is 5.56 Å². The van der Waals surface area contributed by atoms with E-state index in [9.17, 15) is 0 Å². The number of nitrogens with zero attached hydrogens (tertiary/aromatic N) is 3. The van der Waals surface area contributed by atoms with Crippen molar-refractivity contribution in [1.82, 2.24) is 15.0 Å². The molecule has 5 nitrogen and oxygen atoms in total. The van der Waals surface area contributed by atoms with Crippen LogP contribution in [0.4, 0.5) is 5.82 Å². The smallest absolute Gasteiger partial charge is 0.158 e. The van der Waals surface area contributed by atoms with E-state index in [1.807, 2.05) is 19.1 Å². The Bertz CT molecular complexity index is 536. The first-order chi connectivity index (χ1) is 9.78. The van der Waals surface area contributed by atoms with Crippen LogP contribution >= 0.6 is 11.6 Å². The summed E-state index contributed by atoms with van der Waals surface area (Å²) in [6.45, 7) is 3.70. The molecular formula is C14H17ClN4O. The number of halogens is 1. The molecule has 0 aliphatic rings. The van der Waals surface area contributed by atoms with E-state index >= 15 is 0 Å². The van der Waals surface area contributed by atoms with E-state index in [0.717, 1.165) is 13.0 Å². The van der Waals surface area contributed by atoms with Crippen LogP contribution in [0.1, 0.15) is 18.3 Å². The van der Waals surface area contributed by atoms with Crippen LogP contribution in [0.2, 0.25) is 5.15 Å². The van der Waals surface area contributed by atoms with E-state index in [0.29, 0.717) is 30.0 Å². The molecule has 2 heterocycles. The lowest BCUT2D eigenvalue weighted by molar-refractivity contribution is 0.128. The first kappa shape index (κ1) is 14.7. The zero-order valence-electron chi connectivity index (χ0n) is 11.3. The Morgan fingerprint density at radius 3 is 2.80 bits per heavy atom. The molecule has 0 saturated carbocycles. The maximum Gasteiger partial charge on any atom is 0.158 e. The van der Waals surface area contributed by atoms with E-state index in [1.54, 1.807) is 18.5 Å².